The number of benzene rings is 8. The molecule has 1 nitrogen and oxygen atoms in total. The van der Waals surface area contributed by atoms with E-state index < -0.39 is 6.36 Å². The standard InChI is InChI=1S/C37H20F4O/c38-32-20-14-23-11-17-29-30(18-12-22-13-19-31(32)35(23)34(22)29)36-27-7-3-1-5-25(27)33(26-6-2-4-8-28(26)36)21-9-15-24(16-10-21)42-37(39,40)41/h1-20H. The number of fused-ring (bicyclic) bond motifs is 2. The molecule has 0 unspecified atom stereocenters. The van der Waals surface area contributed by atoms with Crippen LogP contribution in [0.25, 0.3) is 76.1 Å². The predicted octanol–water partition coefficient (Wildman–Crippen LogP) is 11.3. The molecule has 0 amide bonds. The molecule has 0 saturated carbocycles. The van der Waals surface area contributed by atoms with Crippen molar-refractivity contribution in [1.29, 1.82) is 0 Å². The zero-order chi connectivity index (χ0) is 28.6. The third kappa shape index (κ3) is 3.70. The lowest BCUT2D eigenvalue weighted by atomic mass is 9.83. The molecule has 0 aromatic heterocycles. The molecule has 202 valence electrons. The fraction of sp³-hybridized carbons (Fsp3) is 0.0270. The Labute approximate surface area is 237 Å². The molecule has 0 N–H and O–H groups in total. The zero-order valence-electron chi connectivity index (χ0n) is 22.0. The lowest BCUT2D eigenvalue weighted by Crippen LogP contribution is -2.16. The van der Waals surface area contributed by atoms with E-state index in [4.69, 9.17) is 0 Å². The first-order chi connectivity index (χ1) is 20.4. The van der Waals surface area contributed by atoms with Gasteiger partial charge in [-0.25, -0.2) is 4.39 Å². The van der Waals surface area contributed by atoms with E-state index in [1.54, 1.807) is 12.1 Å². The van der Waals surface area contributed by atoms with Crippen LogP contribution in [-0.2, 0) is 0 Å². The van der Waals surface area contributed by atoms with E-state index in [1.807, 2.05) is 54.6 Å². The van der Waals surface area contributed by atoms with E-state index in [1.165, 1.54) is 18.2 Å². The molecule has 0 fully saturated rings. The molecular formula is C37H20F4O. The van der Waals surface area contributed by atoms with Crippen LogP contribution in [0.2, 0.25) is 0 Å². The fourth-order valence-corrected chi connectivity index (χ4v) is 6.54. The van der Waals surface area contributed by atoms with Crippen LogP contribution >= 0.6 is 0 Å². The average molecular weight is 557 g/mol. The molecule has 0 spiro atoms. The quantitative estimate of drug-likeness (QED) is 0.119. The van der Waals surface area contributed by atoms with Crippen molar-refractivity contribution >= 4 is 53.9 Å². The zero-order valence-corrected chi connectivity index (χ0v) is 22.0. The predicted molar refractivity (Wildman–Crippen MR) is 163 cm³/mol. The number of ether oxygens (including phenoxy) is 1. The normalized spacial score (nSPS) is 12.3. The molecule has 0 heterocycles. The van der Waals surface area contributed by atoms with Gasteiger partial charge in [0.15, 0.2) is 0 Å². The highest BCUT2D eigenvalue weighted by Crippen LogP contribution is 2.47. The molecule has 5 heteroatoms. The van der Waals surface area contributed by atoms with Crippen molar-refractivity contribution in [2.75, 3.05) is 0 Å². The van der Waals surface area contributed by atoms with Crippen molar-refractivity contribution in [2.45, 2.75) is 6.36 Å². The van der Waals surface area contributed by atoms with Crippen molar-refractivity contribution < 1.29 is 22.3 Å². The van der Waals surface area contributed by atoms with Gasteiger partial charge in [-0.1, -0.05) is 103 Å². The van der Waals surface area contributed by atoms with Gasteiger partial charge in [0.05, 0.1) is 0 Å². The summed E-state index contributed by atoms with van der Waals surface area (Å²) in [5.41, 5.74) is 3.81. The van der Waals surface area contributed by atoms with Crippen molar-refractivity contribution in [3.63, 3.8) is 0 Å². The van der Waals surface area contributed by atoms with Gasteiger partial charge in [-0.2, -0.15) is 0 Å². The second-order valence-corrected chi connectivity index (χ2v) is 10.5. The molecule has 8 aromatic carbocycles. The topological polar surface area (TPSA) is 9.23 Å². The summed E-state index contributed by atoms with van der Waals surface area (Å²) in [5.74, 6) is -0.504. The SMILES string of the molecule is Fc1ccc2ccc3c(-c4c5ccccc5c(-c5ccc(OC(F)(F)F)cc5)c5ccccc45)ccc4ccc1c2c43. The van der Waals surface area contributed by atoms with E-state index in [9.17, 15) is 17.6 Å². The van der Waals surface area contributed by atoms with Crippen LogP contribution in [0, 0.1) is 5.82 Å². The van der Waals surface area contributed by atoms with Gasteiger partial charge in [-0.05, 0) is 83.5 Å². The first kappa shape index (κ1) is 24.6. The number of hydrogen-bond acceptors (Lipinski definition) is 1. The highest BCUT2D eigenvalue weighted by Gasteiger charge is 2.31. The summed E-state index contributed by atoms with van der Waals surface area (Å²) in [4.78, 5) is 0. The maximum absolute atomic E-state index is 14.9. The summed E-state index contributed by atoms with van der Waals surface area (Å²) in [7, 11) is 0. The van der Waals surface area contributed by atoms with Crippen molar-refractivity contribution in [2.24, 2.45) is 0 Å². The van der Waals surface area contributed by atoms with E-state index in [2.05, 4.69) is 41.1 Å². The maximum Gasteiger partial charge on any atom is 0.573 e. The molecule has 0 aliphatic heterocycles. The van der Waals surface area contributed by atoms with E-state index >= 15 is 0 Å². The molecule has 0 aliphatic rings. The third-order valence-corrected chi connectivity index (χ3v) is 8.19. The largest absolute Gasteiger partial charge is 0.573 e. The fourth-order valence-electron chi connectivity index (χ4n) is 6.54. The third-order valence-electron chi connectivity index (χ3n) is 8.19. The minimum Gasteiger partial charge on any atom is -0.406 e. The number of halogens is 4. The van der Waals surface area contributed by atoms with Gasteiger partial charge in [0.2, 0.25) is 0 Å². The Balaban J connectivity index is 1.45. The first-order valence-electron chi connectivity index (χ1n) is 13.5. The van der Waals surface area contributed by atoms with Gasteiger partial charge < -0.3 is 4.74 Å². The van der Waals surface area contributed by atoms with Crippen molar-refractivity contribution in [1.82, 2.24) is 0 Å². The van der Waals surface area contributed by atoms with E-state index in [-0.39, 0.29) is 11.6 Å². The van der Waals surface area contributed by atoms with Crippen LogP contribution in [0.15, 0.2) is 121 Å². The van der Waals surface area contributed by atoms with Crippen molar-refractivity contribution in [3.05, 3.63) is 127 Å². The molecular weight excluding hydrogens is 536 g/mol. The smallest absolute Gasteiger partial charge is 0.406 e. The molecule has 0 atom stereocenters. The summed E-state index contributed by atoms with van der Waals surface area (Å²) >= 11 is 0. The van der Waals surface area contributed by atoms with Crippen LogP contribution in [0.5, 0.6) is 5.75 Å². The van der Waals surface area contributed by atoms with Gasteiger partial charge in [0.25, 0.3) is 0 Å². The van der Waals surface area contributed by atoms with Gasteiger partial charge >= 0.3 is 6.36 Å². The van der Waals surface area contributed by atoms with Crippen LogP contribution in [0.1, 0.15) is 0 Å². The lowest BCUT2D eigenvalue weighted by Gasteiger charge is -2.20. The Bertz CT molecular complexity index is 2260. The number of alkyl halides is 3. The molecule has 0 radical (unpaired) electrons. The van der Waals surface area contributed by atoms with E-state index in [0.717, 1.165) is 70.7 Å². The number of hydrogen-bond donors (Lipinski definition) is 0. The highest BCUT2D eigenvalue weighted by atomic mass is 19.4. The second kappa shape index (κ2) is 8.92. The number of rotatable bonds is 3. The summed E-state index contributed by atoms with van der Waals surface area (Å²) in [5, 5.41) is 9.61. The molecule has 0 saturated heterocycles. The highest BCUT2D eigenvalue weighted by molar-refractivity contribution is 6.29. The second-order valence-electron chi connectivity index (χ2n) is 10.5. The Morgan fingerprint density at radius 3 is 1.55 bits per heavy atom. The van der Waals surface area contributed by atoms with Gasteiger partial charge in [-0.15, -0.1) is 13.2 Å². The van der Waals surface area contributed by atoms with Crippen LogP contribution in [-0.4, -0.2) is 6.36 Å². The van der Waals surface area contributed by atoms with Crippen LogP contribution in [0.4, 0.5) is 17.6 Å². The van der Waals surface area contributed by atoms with Crippen LogP contribution in [0.3, 0.4) is 0 Å². The Morgan fingerprint density at radius 1 is 0.452 bits per heavy atom. The van der Waals surface area contributed by atoms with Crippen LogP contribution < -0.4 is 4.74 Å². The van der Waals surface area contributed by atoms with Gasteiger partial charge in [0, 0.05) is 10.8 Å². The van der Waals surface area contributed by atoms with E-state index in [0.29, 0.717) is 5.39 Å². The molecule has 42 heavy (non-hydrogen) atoms. The maximum atomic E-state index is 14.9. The molecule has 8 aromatic rings. The summed E-state index contributed by atoms with van der Waals surface area (Å²) in [6.07, 6.45) is -4.75. The molecule has 0 aliphatic carbocycles. The lowest BCUT2D eigenvalue weighted by molar-refractivity contribution is -0.274. The van der Waals surface area contributed by atoms with Gasteiger partial charge in [-0.3, -0.25) is 0 Å². The average Bonchev–Trinajstić information content (AvgIpc) is 2.99. The monoisotopic (exact) mass is 556 g/mol. The Hall–Kier alpha value is -5.16. The minimum atomic E-state index is -4.75. The Kier molecular flexibility index (Phi) is 5.23. The minimum absolute atomic E-state index is 0.241. The first-order valence-corrected chi connectivity index (χ1v) is 13.5. The Morgan fingerprint density at radius 2 is 0.952 bits per heavy atom. The summed E-state index contributed by atoms with van der Waals surface area (Å²) < 4.78 is 57.5. The molecule has 8 rings (SSSR count). The van der Waals surface area contributed by atoms with Crippen molar-refractivity contribution in [3.8, 4) is 28.0 Å². The molecule has 0 bridgehead atoms. The van der Waals surface area contributed by atoms with Gasteiger partial charge in [0.1, 0.15) is 11.6 Å². The summed E-state index contributed by atoms with van der Waals surface area (Å²) in [6.45, 7) is 0. The summed E-state index contributed by atoms with van der Waals surface area (Å²) in [6, 6.07) is 37.8.